The number of benzene rings is 1. The summed E-state index contributed by atoms with van der Waals surface area (Å²) < 4.78 is 31.7. The molecule has 1 aromatic carbocycles. The van der Waals surface area contributed by atoms with Gasteiger partial charge in [0.25, 0.3) is 0 Å². The van der Waals surface area contributed by atoms with Gasteiger partial charge in [-0.25, -0.2) is 13.6 Å². The second-order valence-corrected chi connectivity index (χ2v) is 4.83. The minimum absolute atomic E-state index is 0.0778. The molecular weight excluding hydrogens is 343 g/mol. The highest BCUT2D eigenvalue weighted by Gasteiger charge is 2.31. The number of ether oxygens (including phenoxy) is 1. The quantitative estimate of drug-likeness (QED) is 0.603. The smallest absolute Gasteiger partial charge is 0.414 e. The van der Waals surface area contributed by atoms with Crippen LogP contribution in [-0.4, -0.2) is 18.7 Å². The normalized spacial score (nSPS) is 19.6. The van der Waals surface area contributed by atoms with Gasteiger partial charge in [0.15, 0.2) is 0 Å². The fourth-order valence-electron chi connectivity index (χ4n) is 1.64. The average Bonchev–Trinajstić information content (AvgIpc) is 2.67. The molecule has 2 rings (SSSR count). The highest BCUT2D eigenvalue weighted by atomic mass is 127. The molecule has 6 heteroatoms. The van der Waals surface area contributed by atoms with E-state index in [9.17, 15) is 13.6 Å². The minimum Gasteiger partial charge on any atom is -0.444 e. The number of carbonyl (C=O) groups excluding carboxylic acids is 1. The fraction of sp³-hybridized carbons (Fsp3) is 0.364. The summed E-state index contributed by atoms with van der Waals surface area (Å²) >= 11 is 1.58. The highest BCUT2D eigenvalue weighted by Crippen LogP contribution is 2.27. The van der Waals surface area contributed by atoms with Crippen LogP contribution in [-0.2, 0) is 4.74 Å². The van der Waals surface area contributed by atoms with Crippen LogP contribution in [0.2, 0.25) is 0 Å². The Balaban J connectivity index is 2.32. The van der Waals surface area contributed by atoms with Crippen LogP contribution in [0.5, 0.6) is 0 Å². The SMILES string of the molecule is CC[C@H]1CN(c2cc(F)c(I)c(F)c2)C(=O)O1. The molecule has 0 N–H and O–H groups in total. The maximum absolute atomic E-state index is 13.4. The zero-order valence-electron chi connectivity index (χ0n) is 9.04. The lowest BCUT2D eigenvalue weighted by Crippen LogP contribution is -2.24. The van der Waals surface area contributed by atoms with E-state index >= 15 is 0 Å². The van der Waals surface area contributed by atoms with E-state index in [4.69, 9.17) is 4.74 Å². The average molecular weight is 353 g/mol. The molecular formula is C11H10F2INO2. The molecule has 92 valence electrons. The molecule has 0 saturated carbocycles. The number of hydrogen-bond acceptors (Lipinski definition) is 2. The van der Waals surface area contributed by atoms with Gasteiger partial charge in [0, 0.05) is 0 Å². The lowest BCUT2D eigenvalue weighted by Gasteiger charge is -2.13. The lowest BCUT2D eigenvalue weighted by atomic mass is 10.2. The zero-order chi connectivity index (χ0) is 12.6. The van der Waals surface area contributed by atoms with Crippen LogP contribution >= 0.6 is 22.6 Å². The summed E-state index contributed by atoms with van der Waals surface area (Å²) in [6.07, 6.45) is -0.0952. The highest BCUT2D eigenvalue weighted by molar-refractivity contribution is 14.1. The number of halogens is 3. The first-order chi connectivity index (χ1) is 8.02. The topological polar surface area (TPSA) is 29.5 Å². The molecule has 1 saturated heterocycles. The van der Waals surface area contributed by atoms with Gasteiger partial charge < -0.3 is 4.74 Å². The number of hydrogen-bond donors (Lipinski definition) is 0. The van der Waals surface area contributed by atoms with E-state index in [1.807, 2.05) is 6.92 Å². The molecule has 0 unspecified atom stereocenters. The van der Waals surface area contributed by atoms with Crippen molar-refractivity contribution in [3.05, 3.63) is 27.3 Å². The number of anilines is 1. The van der Waals surface area contributed by atoms with Gasteiger partial charge in [0.2, 0.25) is 0 Å². The molecule has 1 amide bonds. The van der Waals surface area contributed by atoms with Crippen molar-refractivity contribution in [3.8, 4) is 0 Å². The van der Waals surface area contributed by atoms with Crippen molar-refractivity contribution in [2.24, 2.45) is 0 Å². The number of amides is 1. The first kappa shape index (κ1) is 12.5. The predicted molar refractivity (Wildman–Crippen MR) is 67.0 cm³/mol. The zero-order valence-corrected chi connectivity index (χ0v) is 11.2. The molecule has 0 aromatic heterocycles. The molecule has 0 aliphatic carbocycles. The lowest BCUT2D eigenvalue weighted by molar-refractivity contribution is 0.139. The molecule has 1 aliphatic rings. The van der Waals surface area contributed by atoms with E-state index in [0.717, 1.165) is 12.1 Å². The summed E-state index contributed by atoms with van der Waals surface area (Å²) in [7, 11) is 0. The maximum atomic E-state index is 13.4. The summed E-state index contributed by atoms with van der Waals surface area (Å²) in [6.45, 7) is 2.21. The maximum Gasteiger partial charge on any atom is 0.414 e. The van der Waals surface area contributed by atoms with Gasteiger partial charge in [-0.05, 0) is 41.1 Å². The molecule has 0 bridgehead atoms. The second kappa shape index (κ2) is 4.75. The van der Waals surface area contributed by atoms with Gasteiger partial charge in [-0.2, -0.15) is 0 Å². The Hall–Kier alpha value is -0.920. The van der Waals surface area contributed by atoms with Crippen molar-refractivity contribution in [2.75, 3.05) is 11.4 Å². The van der Waals surface area contributed by atoms with Crippen LogP contribution in [0.1, 0.15) is 13.3 Å². The Bertz CT molecular complexity index is 444. The summed E-state index contributed by atoms with van der Waals surface area (Å²) in [5.41, 5.74) is 0.196. The van der Waals surface area contributed by atoms with E-state index in [1.54, 1.807) is 22.6 Å². The van der Waals surface area contributed by atoms with Crippen molar-refractivity contribution < 1.29 is 18.3 Å². The monoisotopic (exact) mass is 353 g/mol. The Morgan fingerprint density at radius 3 is 2.53 bits per heavy atom. The number of nitrogens with zero attached hydrogens (tertiary/aromatic N) is 1. The van der Waals surface area contributed by atoms with Crippen molar-refractivity contribution in [3.63, 3.8) is 0 Å². The molecule has 1 aliphatic heterocycles. The predicted octanol–water partition coefficient (Wildman–Crippen LogP) is 3.30. The number of rotatable bonds is 2. The first-order valence-electron chi connectivity index (χ1n) is 5.15. The summed E-state index contributed by atoms with van der Waals surface area (Å²) in [4.78, 5) is 12.8. The van der Waals surface area contributed by atoms with Gasteiger partial charge in [0.05, 0.1) is 15.8 Å². The largest absolute Gasteiger partial charge is 0.444 e. The Labute approximate surface area is 111 Å². The summed E-state index contributed by atoms with van der Waals surface area (Å²) in [5, 5.41) is 0. The molecule has 1 atom stereocenters. The molecule has 17 heavy (non-hydrogen) atoms. The van der Waals surface area contributed by atoms with E-state index in [0.29, 0.717) is 13.0 Å². The Kier molecular flexibility index (Phi) is 3.50. The van der Waals surface area contributed by atoms with Gasteiger partial charge in [-0.3, -0.25) is 4.90 Å². The fourth-order valence-corrected chi connectivity index (χ4v) is 1.95. The van der Waals surface area contributed by atoms with E-state index in [-0.39, 0.29) is 15.4 Å². The van der Waals surface area contributed by atoms with Gasteiger partial charge in [0.1, 0.15) is 17.7 Å². The van der Waals surface area contributed by atoms with E-state index in [1.165, 1.54) is 4.90 Å². The second-order valence-electron chi connectivity index (χ2n) is 3.75. The van der Waals surface area contributed by atoms with Crippen molar-refractivity contribution in [1.29, 1.82) is 0 Å². The van der Waals surface area contributed by atoms with Crippen molar-refractivity contribution >= 4 is 34.4 Å². The van der Waals surface area contributed by atoms with Gasteiger partial charge in [-0.1, -0.05) is 6.92 Å². The van der Waals surface area contributed by atoms with E-state index in [2.05, 4.69) is 0 Å². The van der Waals surface area contributed by atoms with Crippen LogP contribution in [0, 0.1) is 15.2 Å². The molecule has 0 radical (unpaired) electrons. The van der Waals surface area contributed by atoms with Gasteiger partial charge in [-0.15, -0.1) is 0 Å². The van der Waals surface area contributed by atoms with Crippen LogP contribution < -0.4 is 4.90 Å². The van der Waals surface area contributed by atoms with Crippen molar-refractivity contribution in [1.82, 2.24) is 0 Å². The molecule has 3 nitrogen and oxygen atoms in total. The number of cyclic esters (lactones) is 1. The summed E-state index contributed by atoms with van der Waals surface area (Å²) in [6, 6.07) is 2.29. The van der Waals surface area contributed by atoms with Gasteiger partial charge >= 0.3 is 6.09 Å². The third kappa shape index (κ3) is 2.36. The Morgan fingerprint density at radius 2 is 2.06 bits per heavy atom. The first-order valence-corrected chi connectivity index (χ1v) is 6.23. The summed E-state index contributed by atoms with van der Waals surface area (Å²) in [5.74, 6) is -1.35. The molecule has 1 fully saturated rings. The minimum atomic E-state index is -0.673. The van der Waals surface area contributed by atoms with Crippen LogP contribution in [0.15, 0.2) is 12.1 Å². The Morgan fingerprint density at radius 1 is 1.47 bits per heavy atom. The third-order valence-corrected chi connectivity index (χ3v) is 3.64. The molecule has 1 aromatic rings. The standard InChI is InChI=1S/C11H10F2INO2/c1-2-7-5-15(11(16)17-7)6-3-8(12)10(14)9(13)4-6/h3-4,7H,2,5H2,1H3/t7-/m0/s1. The van der Waals surface area contributed by atoms with Crippen molar-refractivity contribution in [2.45, 2.75) is 19.4 Å². The van der Waals surface area contributed by atoms with E-state index < -0.39 is 17.7 Å². The third-order valence-electron chi connectivity index (χ3n) is 2.61. The number of carbonyl (C=O) groups is 1. The molecule has 0 spiro atoms. The molecule has 1 heterocycles. The van der Waals surface area contributed by atoms with Crippen LogP contribution in [0.4, 0.5) is 19.3 Å². The van der Waals surface area contributed by atoms with Crippen LogP contribution in [0.3, 0.4) is 0 Å². The van der Waals surface area contributed by atoms with Crippen LogP contribution in [0.25, 0.3) is 0 Å².